The first-order valence-corrected chi connectivity index (χ1v) is 11.0. The Kier molecular flexibility index (Phi) is 7.30. The highest BCUT2D eigenvalue weighted by molar-refractivity contribution is 6.74. The van der Waals surface area contributed by atoms with Crippen molar-refractivity contribution < 1.29 is 14.0 Å². The Bertz CT molecular complexity index is 449. The van der Waals surface area contributed by atoms with Crippen molar-refractivity contribution in [2.45, 2.75) is 64.8 Å². The smallest absolute Gasteiger partial charge is 0.306 e. The molecule has 0 aliphatic rings. The molecule has 0 N–H and O–H groups in total. The van der Waals surface area contributed by atoms with Crippen molar-refractivity contribution in [1.82, 2.24) is 0 Å². The minimum atomic E-state index is -1.66. The normalized spacial score (nSPS) is 12.2. The maximum Gasteiger partial charge on any atom is 0.306 e. The summed E-state index contributed by atoms with van der Waals surface area (Å²) in [4.78, 5) is 11.7. The molecule has 0 unspecified atom stereocenters. The number of hydrogen-bond donors (Lipinski definition) is 0. The SMILES string of the molecule is CC(C)(C)[Si](C)(C)OCCCCC(=O)OCc1ccccc1. The average molecular weight is 323 g/mol. The lowest BCUT2D eigenvalue weighted by Gasteiger charge is -2.36. The molecule has 22 heavy (non-hydrogen) atoms. The van der Waals surface area contributed by atoms with Crippen LogP contribution in [0.15, 0.2) is 30.3 Å². The largest absolute Gasteiger partial charge is 0.461 e. The molecule has 0 saturated carbocycles. The minimum absolute atomic E-state index is 0.129. The van der Waals surface area contributed by atoms with Gasteiger partial charge in [-0.2, -0.15) is 0 Å². The number of ether oxygens (including phenoxy) is 1. The summed E-state index contributed by atoms with van der Waals surface area (Å²) in [5, 5.41) is 0.238. The van der Waals surface area contributed by atoms with Gasteiger partial charge in [0.25, 0.3) is 0 Å². The van der Waals surface area contributed by atoms with Crippen LogP contribution in [0.2, 0.25) is 18.1 Å². The molecule has 124 valence electrons. The van der Waals surface area contributed by atoms with Gasteiger partial charge in [-0.25, -0.2) is 0 Å². The number of carbonyl (C=O) groups excluding carboxylic acids is 1. The van der Waals surface area contributed by atoms with Gasteiger partial charge in [-0.05, 0) is 36.5 Å². The molecule has 0 aliphatic heterocycles. The fourth-order valence-electron chi connectivity index (χ4n) is 1.73. The zero-order valence-electron chi connectivity index (χ0n) is 14.6. The van der Waals surface area contributed by atoms with Gasteiger partial charge in [-0.3, -0.25) is 4.79 Å². The molecule has 0 aromatic heterocycles. The van der Waals surface area contributed by atoms with E-state index in [0.717, 1.165) is 25.0 Å². The van der Waals surface area contributed by atoms with Crippen LogP contribution >= 0.6 is 0 Å². The van der Waals surface area contributed by atoms with Gasteiger partial charge in [0, 0.05) is 13.0 Å². The van der Waals surface area contributed by atoms with Crippen LogP contribution < -0.4 is 0 Å². The Morgan fingerprint density at radius 3 is 2.32 bits per heavy atom. The second-order valence-electron chi connectivity index (χ2n) is 7.21. The number of benzene rings is 1. The molecule has 0 atom stereocenters. The molecule has 1 rings (SSSR count). The summed E-state index contributed by atoms with van der Waals surface area (Å²) in [7, 11) is -1.66. The average Bonchev–Trinajstić information content (AvgIpc) is 2.44. The Labute approximate surface area is 136 Å². The Balaban J connectivity index is 2.13. The summed E-state index contributed by atoms with van der Waals surface area (Å²) in [5.41, 5.74) is 1.03. The highest BCUT2D eigenvalue weighted by Gasteiger charge is 2.36. The Morgan fingerprint density at radius 1 is 1.09 bits per heavy atom. The highest BCUT2D eigenvalue weighted by Crippen LogP contribution is 2.36. The van der Waals surface area contributed by atoms with Gasteiger partial charge in [0.15, 0.2) is 8.32 Å². The molecule has 0 bridgehead atoms. The Morgan fingerprint density at radius 2 is 1.73 bits per heavy atom. The maximum absolute atomic E-state index is 11.7. The first-order valence-electron chi connectivity index (χ1n) is 8.06. The third kappa shape index (κ3) is 6.75. The van der Waals surface area contributed by atoms with E-state index in [9.17, 15) is 4.79 Å². The van der Waals surface area contributed by atoms with Gasteiger partial charge >= 0.3 is 5.97 Å². The predicted octanol–water partition coefficient (Wildman–Crippen LogP) is 4.92. The van der Waals surface area contributed by atoms with Gasteiger partial charge < -0.3 is 9.16 Å². The van der Waals surface area contributed by atoms with E-state index < -0.39 is 8.32 Å². The van der Waals surface area contributed by atoms with E-state index in [1.807, 2.05) is 30.3 Å². The van der Waals surface area contributed by atoms with Gasteiger partial charge in [-0.15, -0.1) is 0 Å². The summed E-state index contributed by atoms with van der Waals surface area (Å²) in [6.45, 7) is 12.3. The second-order valence-corrected chi connectivity index (χ2v) is 12.0. The lowest BCUT2D eigenvalue weighted by molar-refractivity contribution is -0.145. The lowest BCUT2D eigenvalue weighted by atomic mass is 10.2. The van der Waals surface area contributed by atoms with Crippen LogP contribution in [0.1, 0.15) is 45.6 Å². The van der Waals surface area contributed by atoms with E-state index in [0.29, 0.717) is 13.0 Å². The zero-order chi connectivity index (χ0) is 16.6. The van der Waals surface area contributed by atoms with E-state index in [4.69, 9.17) is 9.16 Å². The molecular formula is C18H30O3Si. The summed E-state index contributed by atoms with van der Waals surface area (Å²) in [6, 6.07) is 9.76. The zero-order valence-corrected chi connectivity index (χ0v) is 15.6. The third-order valence-corrected chi connectivity index (χ3v) is 8.83. The topological polar surface area (TPSA) is 35.5 Å². The van der Waals surface area contributed by atoms with Crippen molar-refractivity contribution >= 4 is 14.3 Å². The number of unbranched alkanes of at least 4 members (excludes halogenated alkanes) is 1. The number of esters is 1. The second kappa shape index (κ2) is 8.49. The standard InChI is InChI=1S/C18H30O3Si/c1-18(2,3)22(4,5)21-14-10-9-13-17(19)20-15-16-11-7-6-8-12-16/h6-8,11-12H,9-10,13-15H2,1-5H3. The minimum Gasteiger partial charge on any atom is -0.461 e. The van der Waals surface area contributed by atoms with Crippen LogP contribution in [0.5, 0.6) is 0 Å². The van der Waals surface area contributed by atoms with Gasteiger partial charge in [-0.1, -0.05) is 51.1 Å². The first kappa shape index (κ1) is 18.9. The molecule has 0 radical (unpaired) electrons. The quantitative estimate of drug-likeness (QED) is 0.387. The molecule has 0 heterocycles. The van der Waals surface area contributed by atoms with Crippen molar-refractivity contribution in [2.75, 3.05) is 6.61 Å². The summed E-state index contributed by atoms with van der Waals surface area (Å²) in [5.74, 6) is -0.129. The molecule has 3 nitrogen and oxygen atoms in total. The van der Waals surface area contributed by atoms with Crippen molar-refractivity contribution in [3.8, 4) is 0 Å². The predicted molar refractivity (Wildman–Crippen MR) is 93.2 cm³/mol. The molecule has 1 aromatic carbocycles. The molecule has 4 heteroatoms. The van der Waals surface area contributed by atoms with Gasteiger partial charge in [0.1, 0.15) is 6.61 Å². The van der Waals surface area contributed by atoms with Gasteiger partial charge in [0.05, 0.1) is 0 Å². The maximum atomic E-state index is 11.7. The summed E-state index contributed by atoms with van der Waals surface area (Å²) in [6.07, 6.45) is 2.20. The summed E-state index contributed by atoms with van der Waals surface area (Å²) < 4.78 is 11.4. The van der Waals surface area contributed by atoms with Crippen LogP contribution in [-0.2, 0) is 20.6 Å². The molecule has 0 spiro atoms. The molecule has 0 amide bonds. The highest BCUT2D eigenvalue weighted by atomic mass is 28.4. The summed E-state index contributed by atoms with van der Waals surface area (Å²) >= 11 is 0. The van der Waals surface area contributed by atoms with Crippen molar-refractivity contribution in [3.05, 3.63) is 35.9 Å². The molecule has 0 fully saturated rings. The van der Waals surface area contributed by atoms with Crippen LogP contribution in [0.3, 0.4) is 0 Å². The number of hydrogen-bond acceptors (Lipinski definition) is 3. The van der Waals surface area contributed by atoms with Crippen molar-refractivity contribution in [3.63, 3.8) is 0 Å². The Hall–Kier alpha value is -1.13. The number of rotatable bonds is 8. The van der Waals surface area contributed by atoms with Crippen molar-refractivity contribution in [2.24, 2.45) is 0 Å². The first-order chi connectivity index (χ1) is 10.2. The van der Waals surface area contributed by atoms with Crippen LogP contribution in [0.25, 0.3) is 0 Å². The van der Waals surface area contributed by atoms with Gasteiger partial charge in [0.2, 0.25) is 0 Å². The van der Waals surface area contributed by atoms with Crippen LogP contribution in [0, 0.1) is 0 Å². The van der Waals surface area contributed by atoms with Crippen molar-refractivity contribution in [1.29, 1.82) is 0 Å². The number of carbonyl (C=O) groups is 1. The van der Waals surface area contributed by atoms with Crippen LogP contribution in [-0.4, -0.2) is 20.9 Å². The van der Waals surface area contributed by atoms with E-state index in [1.165, 1.54) is 0 Å². The molecule has 1 aromatic rings. The van der Waals surface area contributed by atoms with E-state index >= 15 is 0 Å². The van der Waals surface area contributed by atoms with E-state index in [1.54, 1.807) is 0 Å². The monoisotopic (exact) mass is 322 g/mol. The third-order valence-electron chi connectivity index (χ3n) is 4.29. The fraction of sp³-hybridized carbons (Fsp3) is 0.611. The van der Waals surface area contributed by atoms with E-state index in [2.05, 4.69) is 33.9 Å². The molecule has 0 saturated heterocycles. The molecular weight excluding hydrogens is 292 g/mol. The van der Waals surface area contributed by atoms with E-state index in [-0.39, 0.29) is 11.0 Å². The fourth-order valence-corrected chi connectivity index (χ4v) is 2.81. The lowest BCUT2D eigenvalue weighted by Crippen LogP contribution is -2.40. The van der Waals surface area contributed by atoms with Crippen LogP contribution in [0.4, 0.5) is 0 Å². The molecule has 0 aliphatic carbocycles.